The first-order valence-electron chi connectivity index (χ1n) is 4.85. The van der Waals surface area contributed by atoms with E-state index in [1.54, 1.807) is 24.4 Å². The Morgan fingerprint density at radius 2 is 2.00 bits per heavy atom. The molecule has 0 bridgehead atoms. The molecule has 0 radical (unpaired) electrons. The monoisotopic (exact) mass is 340 g/mol. The summed E-state index contributed by atoms with van der Waals surface area (Å²) in [5.41, 5.74) is 5.52. The first kappa shape index (κ1) is 11.8. The Hall–Kier alpha value is -1.63. The molecule has 1 aromatic heterocycles. The Labute approximate surface area is 112 Å². The molecule has 0 fully saturated rings. The lowest BCUT2D eigenvalue weighted by atomic mass is 10.2. The van der Waals surface area contributed by atoms with E-state index in [0.717, 1.165) is 3.57 Å². The van der Waals surface area contributed by atoms with Gasteiger partial charge in [0.2, 0.25) is 5.88 Å². The van der Waals surface area contributed by atoms with Crippen LogP contribution in [0.15, 0.2) is 42.6 Å². The molecule has 0 atom stereocenters. The summed E-state index contributed by atoms with van der Waals surface area (Å²) in [6.45, 7) is 0. The molecular formula is C12H9IN2O2. The molecule has 0 aliphatic carbocycles. The Kier molecular flexibility index (Phi) is 3.58. The van der Waals surface area contributed by atoms with Crippen LogP contribution >= 0.6 is 22.6 Å². The van der Waals surface area contributed by atoms with Crippen molar-refractivity contribution in [3.63, 3.8) is 0 Å². The number of hydrogen-bond acceptors (Lipinski definition) is 3. The molecule has 0 aliphatic heterocycles. The Bertz CT molecular complexity index is 558. The standard InChI is InChI=1S/C12H9IN2O2/c13-9-5-1-2-6-10(9)17-12-8(11(14)16)4-3-7-15-12/h1-7H,(H2,14,16). The first-order chi connectivity index (χ1) is 8.18. The van der Waals surface area contributed by atoms with Crippen molar-refractivity contribution < 1.29 is 9.53 Å². The molecule has 2 rings (SSSR count). The van der Waals surface area contributed by atoms with Crippen molar-refractivity contribution in [3.8, 4) is 11.6 Å². The topological polar surface area (TPSA) is 65.2 Å². The van der Waals surface area contributed by atoms with Crippen molar-refractivity contribution in [3.05, 3.63) is 51.7 Å². The zero-order chi connectivity index (χ0) is 12.3. The van der Waals surface area contributed by atoms with Crippen molar-refractivity contribution in [2.75, 3.05) is 0 Å². The summed E-state index contributed by atoms with van der Waals surface area (Å²) in [6.07, 6.45) is 1.55. The summed E-state index contributed by atoms with van der Waals surface area (Å²) in [7, 11) is 0. The highest BCUT2D eigenvalue weighted by Gasteiger charge is 2.11. The Morgan fingerprint density at radius 1 is 1.24 bits per heavy atom. The second kappa shape index (κ2) is 5.13. The van der Waals surface area contributed by atoms with Crippen LogP contribution in [0.4, 0.5) is 0 Å². The third-order valence-electron chi connectivity index (χ3n) is 2.08. The normalized spacial score (nSPS) is 9.94. The second-order valence-electron chi connectivity index (χ2n) is 3.25. The van der Waals surface area contributed by atoms with E-state index in [4.69, 9.17) is 10.5 Å². The summed E-state index contributed by atoms with van der Waals surface area (Å²) in [5, 5.41) is 0. The van der Waals surface area contributed by atoms with Crippen LogP contribution in [0.5, 0.6) is 11.6 Å². The first-order valence-corrected chi connectivity index (χ1v) is 5.93. The minimum absolute atomic E-state index is 0.226. The Morgan fingerprint density at radius 3 is 2.71 bits per heavy atom. The van der Waals surface area contributed by atoms with E-state index >= 15 is 0 Å². The van der Waals surface area contributed by atoms with Gasteiger partial charge in [0.25, 0.3) is 5.91 Å². The SMILES string of the molecule is NC(=O)c1cccnc1Oc1ccccc1I. The highest BCUT2D eigenvalue weighted by atomic mass is 127. The van der Waals surface area contributed by atoms with E-state index in [2.05, 4.69) is 27.6 Å². The molecule has 2 aromatic rings. The third-order valence-corrected chi connectivity index (χ3v) is 2.97. The molecule has 5 heteroatoms. The molecule has 0 saturated carbocycles. The number of nitrogens with two attached hydrogens (primary N) is 1. The fourth-order valence-corrected chi connectivity index (χ4v) is 1.79. The van der Waals surface area contributed by atoms with E-state index in [1.807, 2.05) is 18.2 Å². The molecule has 1 aromatic carbocycles. The molecule has 0 aliphatic rings. The number of rotatable bonds is 3. The minimum atomic E-state index is -0.556. The number of amides is 1. The zero-order valence-electron chi connectivity index (χ0n) is 8.76. The van der Waals surface area contributed by atoms with E-state index in [9.17, 15) is 4.79 Å². The van der Waals surface area contributed by atoms with Crippen LogP contribution in [0, 0.1) is 3.57 Å². The largest absolute Gasteiger partial charge is 0.437 e. The average molecular weight is 340 g/mol. The van der Waals surface area contributed by atoms with Crippen molar-refractivity contribution >= 4 is 28.5 Å². The maximum atomic E-state index is 11.2. The second-order valence-corrected chi connectivity index (χ2v) is 4.42. The lowest BCUT2D eigenvalue weighted by Crippen LogP contribution is -2.12. The quantitative estimate of drug-likeness (QED) is 0.874. The van der Waals surface area contributed by atoms with Gasteiger partial charge in [-0.25, -0.2) is 4.98 Å². The van der Waals surface area contributed by atoms with Crippen molar-refractivity contribution in [1.29, 1.82) is 0 Å². The summed E-state index contributed by atoms with van der Waals surface area (Å²) >= 11 is 2.15. The van der Waals surface area contributed by atoms with Crippen LogP contribution in [-0.2, 0) is 0 Å². The number of hydrogen-bond donors (Lipinski definition) is 1. The van der Waals surface area contributed by atoms with Crippen LogP contribution < -0.4 is 10.5 Å². The van der Waals surface area contributed by atoms with Gasteiger partial charge in [-0.3, -0.25) is 4.79 Å². The van der Waals surface area contributed by atoms with Crippen LogP contribution in [0.3, 0.4) is 0 Å². The van der Waals surface area contributed by atoms with E-state index in [1.165, 1.54) is 0 Å². The van der Waals surface area contributed by atoms with E-state index in [0.29, 0.717) is 5.75 Å². The van der Waals surface area contributed by atoms with Crippen LogP contribution in [-0.4, -0.2) is 10.9 Å². The van der Waals surface area contributed by atoms with Gasteiger partial charge in [-0.1, -0.05) is 12.1 Å². The predicted molar refractivity (Wildman–Crippen MR) is 72.0 cm³/mol. The molecule has 1 heterocycles. The van der Waals surface area contributed by atoms with E-state index in [-0.39, 0.29) is 11.4 Å². The molecular weight excluding hydrogens is 331 g/mol. The lowest BCUT2D eigenvalue weighted by Gasteiger charge is -2.08. The maximum absolute atomic E-state index is 11.2. The zero-order valence-corrected chi connectivity index (χ0v) is 10.9. The Balaban J connectivity index is 2.37. The van der Waals surface area contributed by atoms with Crippen LogP contribution in [0.2, 0.25) is 0 Å². The predicted octanol–water partition coefficient (Wildman–Crippen LogP) is 2.58. The number of nitrogens with zero attached hydrogens (tertiary/aromatic N) is 1. The van der Waals surface area contributed by atoms with Gasteiger partial charge in [-0.15, -0.1) is 0 Å². The van der Waals surface area contributed by atoms with Gasteiger partial charge < -0.3 is 10.5 Å². The van der Waals surface area contributed by atoms with Gasteiger partial charge in [0.15, 0.2) is 0 Å². The average Bonchev–Trinajstić information content (AvgIpc) is 2.32. The molecule has 1 amide bonds. The van der Waals surface area contributed by atoms with Gasteiger partial charge >= 0.3 is 0 Å². The van der Waals surface area contributed by atoms with Gasteiger partial charge in [0.05, 0.1) is 3.57 Å². The van der Waals surface area contributed by atoms with Gasteiger partial charge in [-0.2, -0.15) is 0 Å². The molecule has 17 heavy (non-hydrogen) atoms. The number of benzene rings is 1. The summed E-state index contributed by atoms with van der Waals surface area (Å²) in [4.78, 5) is 15.2. The number of ether oxygens (including phenoxy) is 1. The molecule has 4 nitrogen and oxygen atoms in total. The fraction of sp³-hybridized carbons (Fsp3) is 0. The number of primary amides is 1. The summed E-state index contributed by atoms with van der Waals surface area (Å²) in [6, 6.07) is 10.7. The van der Waals surface area contributed by atoms with Gasteiger partial charge in [0, 0.05) is 6.20 Å². The van der Waals surface area contributed by atoms with Crippen molar-refractivity contribution in [2.45, 2.75) is 0 Å². The molecule has 2 N–H and O–H groups in total. The van der Waals surface area contributed by atoms with Gasteiger partial charge in [0.1, 0.15) is 11.3 Å². The van der Waals surface area contributed by atoms with Crippen LogP contribution in [0.1, 0.15) is 10.4 Å². The number of aromatic nitrogens is 1. The number of para-hydroxylation sites is 1. The van der Waals surface area contributed by atoms with E-state index < -0.39 is 5.91 Å². The minimum Gasteiger partial charge on any atom is -0.437 e. The molecule has 0 unspecified atom stereocenters. The molecule has 0 saturated heterocycles. The molecule has 0 spiro atoms. The number of pyridine rings is 1. The van der Waals surface area contributed by atoms with Gasteiger partial charge in [-0.05, 0) is 46.9 Å². The fourth-order valence-electron chi connectivity index (χ4n) is 1.29. The number of carbonyl (C=O) groups excluding carboxylic acids is 1. The van der Waals surface area contributed by atoms with Crippen molar-refractivity contribution in [2.24, 2.45) is 5.73 Å². The number of halogens is 1. The van der Waals surface area contributed by atoms with Crippen LogP contribution in [0.25, 0.3) is 0 Å². The third kappa shape index (κ3) is 2.73. The lowest BCUT2D eigenvalue weighted by molar-refractivity contribution is 0.0997. The molecule has 86 valence electrons. The van der Waals surface area contributed by atoms with Crippen molar-refractivity contribution in [1.82, 2.24) is 4.98 Å². The summed E-state index contributed by atoms with van der Waals surface area (Å²) < 4.78 is 6.52. The maximum Gasteiger partial charge on any atom is 0.254 e. The highest BCUT2D eigenvalue weighted by Crippen LogP contribution is 2.26. The highest BCUT2D eigenvalue weighted by molar-refractivity contribution is 14.1. The number of carbonyl (C=O) groups is 1. The smallest absolute Gasteiger partial charge is 0.254 e. The summed E-state index contributed by atoms with van der Waals surface area (Å²) in [5.74, 6) is 0.317.